The fraction of sp³-hybridized carbons (Fsp3) is 0.909. The predicted octanol–water partition coefficient (Wildman–Crippen LogP) is 2.49. The zero-order valence-electron chi connectivity index (χ0n) is 8.61. The Morgan fingerprint density at radius 2 is 1.64 bits per heavy atom. The van der Waals surface area contributed by atoms with Gasteiger partial charge in [0, 0.05) is 0 Å². The highest BCUT2D eigenvalue weighted by atomic mass is 32.2. The summed E-state index contributed by atoms with van der Waals surface area (Å²) >= 11 is 0. The van der Waals surface area contributed by atoms with Crippen LogP contribution >= 0.6 is 0 Å². The van der Waals surface area contributed by atoms with Gasteiger partial charge in [0.15, 0.2) is 9.84 Å². The maximum Gasteiger partial charge on any atom is 0.156 e. The first-order valence-electron chi connectivity index (χ1n) is 5.77. The zero-order valence-corrected chi connectivity index (χ0v) is 9.43. The monoisotopic (exact) mass is 215 g/mol. The van der Waals surface area contributed by atoms with Crippen LogP contribution in [0.3, 0.4) is 0 Å². The molecule has 1 radical (unpaired) electrons. The molecule has 0 aromatic carbocycles. The van der Waals surface area contributed by atoms with Gasteiger partial charge in [0.2, 0.25) is 0 Å². The fourth-order valence-corrected chi connectivity index (χ4v) is 4.39. The Kier molecular flexibility index (Phi) is 3.15. The predicted molar refractivity (Wildman–Crippen MR) is 57.7 cm³/mol. The smallest absolute Gasteiger partial charge is 0.156 e. The van der Waals surface area contributed by atoms with Gasteiger partial charge in [-0.25, -0.2) is 8.42 Å². The second-order valence-corrected chi connectivity index (χ2v) is 7.00. The zero-order chi connectivity index (χ0) is 10.0. The van der Waals surface area contributed by atoms with E-state index in [1.54, 1.807) is 0 Å². The molecule has 1 unspecified atom stereocenters. The summed E-state index contributed by atoms with van der Waals surface area (Å²) in [7, 11) is -2.78. The van der Waals surface area contributed by atoms with Gasteiger partial charge in [0.05, 0.1) is 10.5 Å². The maximum atomic E-state index is 12.0. The third-order valence-corrected chi connectivity index (χ3v) is 5.96. The highest BCUT2D eigenvalue weighted by Crippen LogP contribution is 2.35. The van der Waals surface area contributed by atoms with Gasteiger partial charge in [0.25, 0.3) is 0 Å². The first-order valence-corrected chi connectivity index (χ1v) is 7.38. The van der Waals surface area contributed by atoms with Crippen molar-refractivity contribution >= 4 is 9.84 Å². The topological polar surface area (TPSA) is 34.1 Å². The second-order valence-electron chi connectivity index (χ2n) is 4.55. The van der Waals surface area contributed by atoms with E-state index in [1.165, 1.54) is 19.3 Å². The minimum absolute atomic E-state index is 0.0168. The first-order chi connectivity index (χ1) is 6.71. The van der Waals surface area contributed by atoms with Crippen molar-refractivity contribution in [3.05, 3.63) is 6.42 Å². The Bertz CT molecular complexity index is 270. The highest BCUT2D eigenvalue weighted by molar-refractivity contribution is 7.93. The Labute approximate surface area is 87.0 Å². The Morgan fingerprint density at radius 3 is 2.36 bits per heavy atom. The number of hydrogen-bond donors (Lipinski definition) is 0. The lowest BCUT2D eigenvalue weighted by molar-refractivity contribution is 0.535. The molecular formula is C11H19O2S. The molecule has 0 saturated heterocycles. The van der Waals surface area contributed by atoms with E-state index in [0.29, 0.717) is 0 Å². The summed E-state index contributed by atoms with van der Waals surface area (Å²) in [6.45, 7) is 0. The molecule has 3 heteroatoms. The summed E-state index contributed by atoms with van der Waals surface area (Å²) in [4.78, 5) is 0. The van der Waals surface area contributed by atoms with E-state index in [1.807, 2.05) is 0 Å². The lowest BCUT2D eigenvalue weighted by Gasteiger charge is -2.19. The van der Waals surface area contributed by atoms with Crippen LogP contribution in [0.25, 0.3) is 0 Å². The van der Waals surface area contributed by atoms with Crippen LogP contribution in [0.1, 0.15) is 51.4 Å². The van der Waals surface area contributed by atoms with Crippen molar-refractivity contribution in [1.29, 1.82) is 0 Å². The van der Waals surface area contributed by atoms with Crippen molar-refractivity contribution in [2.24, 2.45) is 0 Å². The molecule has 0 bridgehead atoms. The molecule has 0 aromatic heterocycles. The minimum Gasteiger partial charge on any atom is -0.228 e. The highest BCUT2D eigenvalue weighted by Gasteiger charge is 2.40. The molecule has 2 aliphatic carbocycles. The molecule has 0 amide bonds. The van der Waals surface area contributed by atoms with Gasteiger partial charge >= 0.3 is 0 Å². The summed E-state index contributed by atoms with van der Waals surface area (Å²) in [5, 5.41) is -0.0986. The largest absolute Gasteiger partial charge is 0.228 e. The van der Waals surface area contributed by atoms with E-state index in [9.17, 15) is 8.42 Å². The average molecular weight is 215 g/mol. The van der Waals surface area contributed by atoms with Gasteiger partial charge in [-0.2, -0.15) is 0 Å². The summed E-state index contributed by atoms with van der Waals surface area (Å²) in [5.41, 5.74) is 0. The average Bonchev–Trinajstić information content (AvgIpc) is 2.83. The summed E-state index contributed by atoms with van der Waals surface area (Å²) < 4.78 is 24.0. The molecule has 0 spiro atoms. The van der Waals surface area contributed by atoms with Crippen LogP contribution in [-0.4, -0.2) is 18.9 Å². The third kappa shape index (κ3) is 2.30. The van der Waals surface area contributed by atoms with Crippen molar-refractivity contribution in [2.75, 3.05) is 0 Å². The normalized spacial score (nSPS) is 26.9. The van der Waals surface area contributed by atoms with Crippen LogP contribution in [0.15, 0.2) is 0 Å². The van der Waals surface area contributed by atoms with E-state index in [2.05, 4.69) is 6.42 Å². The molecule has 2 aliphatic rings. The van der Waals surface area contributed by atoms with Crippen LogP contribution in [0, 0.1) is 6.42 Å². The van der Waals surface area contributed by atoms with Crippen LogP contribution in [0.2, 0.25) is 0 Å². The molecule has 0 aromatic rings. The lowest BCUT2D eigenvalue weighted by atomic mass is 10.0. The van der Waals surface area contributed by atoms with Crippen molar-refractivity contribution < 1.29 is 8.42 Å². The standard InChI is InChI=1S/C11H19O2S/c12-14(13,11-8-9-11)10-6-4-2-1-3-5-7-10/h6,10-11H,1-5,7-9H2. The summed E-state index contributed by atoms with van der Waals surface area (Å²) in [6.07, 6.45) is 10.5. The molecule has 0 N–H and O–H groups in total. The minimum atomic E-state index is -2.78. The van der Waals surface area contributed by atoms with Crippen LogP contribution < -0.4 is 0 Å². The van der Waals surface area contributed by atoms with Crippen molar-refractivity contribution in [3.8, 4) is 0 Å². The Balaban J connectivity index is 1.99. The van der Waals surface area contributed by atoms with Crippen molar-refractivity contribution in [2.45, 2.75) is 61.9 Å². The Morgan fingerprint density at radius 1 is 0.929 bits per heavy atom. The molecule has 14 heavy (non-hydrogen) atoms. The quantitative estimate of drug-likeness (QED) is 0.709. The lowest BCUT2D eigenvalue weighted by Crippen LogP contribution is -2.26. The number of hydrogen-bond acceptors (Lipinski definition) is 2. The van der Waals surface area contributed by atoms with Gasteiger partial charge in [0.1, 0.15) is 0 Å². The Hall–Kier alpha value is -0.0500. The maximum absolute atomic E-state index is 12.0. The van der Waals surface area contributed by atoms with E-state index < -0.39 is 9.84 Å². The van der Waals surface area contributed by atoms with Gasteiger partial charge in [-0.3, -0.25) is 0 Å². The molecule has 2 nitrogen and oxygen atoms in total. The molecule has 0 heterocycles. The van der Waals surface area contributed by atoms with E-state index >= 15 is 0 Å². The van der Waals surface area contributed by atoms with Crippen molar-refractivity contribution in [3.63, 3.8) is 0 Å². The SMILES string of the molecule is O=S(=O)(C1[CH]CCCCCC1)C1CC1. The van der Waals surface area contributed by atoms with Gasteiger partial charge in [-0.15, -0.1) is 0 Å². The van der Waals surface area contributed by atoms with E-state index in [-0.39, 0.29) is 10.5 Å². The van der Waals surface area contributed by atoms with E-state index in [0.717, 1.165) is 32.1 Å². The van der Waals surface area contributed by atoms with Gasteiger partial charge < -0.3 is 0 Å². The first kappa shape index (κ1) is 10.5. The van der Waals surface area contributed by atoms with Gasteiger partial charge in [-0.05, 0) is 32.1 Å². The molecular weight excluding hydrogens is 196 g/mol. The summed E-state index contributed by atoms with van der Waals surface area (Å²) in [6, 6.07) is 0. The third-order valence-electron chi connectivity index (χ3n) is 3.28. The van der Waals surface area contributed by atoms with E-state index in [4.69, 9.17) is 0 Å². The van der Waals surface area contributed by atoms with Crippen molar-refractivity contribution in [1.82, 2.24) is 0 Å². The molecule has 2 rings (SSSR count). The van der Waals surface area contributed by atoms with Crippen LogP contribution in [-0.2, 0) is 9.84 Å². The fourth-order valence-electron chi connectivity index (χ4n) is 2.21. The summed E-state index contributed by atoms with van der Waals surface area (Å²) in [5.74, 6) is 0. The molecule has 2 fully saturated rings. The molecule has 1 atom stereocenters. The van der Waals surface area contributed by atoms with Crippen LogP contribution in [0.5, 0.6) is 0 Å². The molecule has 0 aliphatic heterocycles. The second kappa shape index (κ2) is 4.21. The molecule has 2 saturated carbocycles. The van der Waals surface area contributed by atoms with Crippen LogP contribution in [0.4, 0.5) is 0 Å². The number of sulfone groups is 1. The molecule has 81 valence electrons. The van der Waals surface area contributed by atoms with Gasteiger partial charge in [-0.1, -0.05) is 25.7 Å². The number of rotatable bonds is 2.